The second kappa shape index (κ2) is 8.54. The predicted octanol–water partition coefficient (Wildman–Crippen LogP) is 2.76. The summed E-state index contributed by atoms with van der Waals surface area (Å²) in [6.07, 6.45) is 0. The Balaban J connectivity index is 2.88. The number of aryl methyl sites for hydroxylation is 2. The highest BCUT2D eigenvalue weighted by atomic mass is 16.5. The Hall–Kier alpha value is -1.88. The molecule has 1 rings (SSSR count). The molecular weight excluding hydrogens is 280 g/mol. The molecule has 0 aliphatic carbocycles. The fourth-order valence-electron chi connectivity index (χ4n) is 2.32. The van der Waals surface area contributed by atoms with Crippen molar-refractivity contribution in [3.63, 3.8) is 0 Å². The first-order valence-electron chi connectivity index (χ1n) is 7.73. The van der Waals surface area contributed by atoms with E-state index in [4.69, 9.17) is 4.74 Å². The van der Waals surface area contributed by atoms with Gasteiger partial charge in [-0.05, 0) is 57.1 Å². The lowest BCUT2D eigenvalue weighted by Crippen LogP contribution is -2.33. The van der Waals surface area contributed by atoms with Gasteiger partial charge in [0.2, 0.25) is 5.91 Å². The third-order valence-corrected chi connectivity index (χ3v) is 3.57. The zero-order valence-corrected chi connectivity index (χ0v) is 14.2. The molecule has 0 aliphatic heterocycles. The highest BCUT2D eigenvalue weighted by Crippen LogP contribution is 2.22. The number of anilines is 1. The van der Waals surface area contributed by atoms with E-state index in [1.165, 1.54) is 0 Å². The number of rotatable bonds is 7. The SMILES string of the molecule is CCOC(=O)c1cc(C)c(NC(=O)CN(CC)CC)c(C)c1. The summed E-state index contributed by atoms with van der Waals surface area (Å²) < 4.78 is 5.01. The number of nitrogens with zero attached hydrogens (tertiary/aromatic N) is 1. The number of esters is 1. The van der Waals surface area contributed by atoms with E-state index in [2.05, 4.69) is 5.32 Å². The average molecular weight is 306 g/mol. The van der Waals surface area contributed by atoms with Crippen molar-refractivity contribution in [3.05, 3.63) is 28.8 Å². The molecule has 0 saturated heterocycles. The molecule has 5 nitrogen and oxygen atoms in total. The minimum atomic E-state index is -0.338. The van der Waals surface area contributed by atoms with Gasteiger partial charge in [-0.15, -0.1) is 0 Å². The zero-order valence-electron chi connectivity index (χ0n) is 14.2. The average Bonchev–Trinajstić information content (AvgIpc) is 2.48. The molecule has 0 atom stereocenters. The van der Waals surface area contributed by atoms with Crippen molar-refractivity contribution in [2.75, 3.05) is 31.6 Å². The lowest BCUT2D eigenvalue weighted by Gasteiger charge is -2.19. The van der Waals surface area contributed by atoms with Crippen LogP contribution in [0.5, 0.6) is 0 Å². The van der Waals surface area contributed by atoms with Crippen LogP contribution in [0.3, 0.4) is 0 Å². The molecule has 0 aromatic heterocycles. The largest absolute Gasteiger partial charge is 0.462 e. The molecule has 0 heterocycles. The van der Waals surface area contributed by atoms with Gasteiger partial charge in [-0.2, -0.15) is 0 Å². The second-order valence-electron chi connectivity index (χ2n) is 5.22. The lowest BCUT2D eigenvalue weighted by atomic mass is 10.0. The van der Waals surface area contributed by atoms with E-state index in [0.29, 0.717) is 18.7 Å². The number of hydrogen-bond donors (Lipinski definition) is 1. The summed E-state index contributed by atoms with van der Waals surface area (Å²) in [6.45, 7) is 12.0. The van der Waals surface area contributed by atoms with Crippen molar-refractivity contribution in [2.24, 2.45) is 0 Å². The number of ether oxygens (including phenoxy) is 1. The van der Waals surface area contributed by atoms with Gasteiger partial charge in [0.1, 0.15) is 0 Å². The van der Waals surface area contributed by atoms with Gasteiger partial charge in [-0.3, -0.25) is 9.69 Å². The van der Waals surface area contributed by atoms with Gasteiger partial charge in [0.25, 0.3) is 0 Å². The Bertz CT molecular complexity index is 514. The van der Waals surface area contributed by atoms with Crippen LogP contribution in [0.2, 0.25) is 0 Å². The monoisotopic (exact) mass is 306 g/mol. The summed E-state index contributed by atoms with van der Waals surface area (Å²) in [5.41, 5.74) is 3.00. The molecule has 22 heavy (non-hydrogen) atoms. The fraction of sp³-hybridized carbons (Fsp3) is 0.529. The van der Waals surface area contributed by atoms with Crippen molar-refractivity contribution >= 4 is 17.6 Å². The number of benzene rings is 1. The highest BCUT2D eigenvalue weighted by molar-refractivity contribution is 5.96. The molecule has 5 heteroatoms. The van der Waals surface area contributed by atoms with Crippen molar-refractivity contribution in [2.45, 2.75) is 34.6 Å². The molecule has 1 aromatic carbocycles. The second-order valence-corrected chi connectivity index (χ2v) is 5.22. The van der Waals surface area contributed by atoms with E-state index in [0.717, 1.165) is 29.9 Å². The van der Waals surface area contributed by atoms with E-state index in [-0.39, 0.29) is 11.9 Å². The Kier molecular flexibility index (Phi) is 7.05. The van der Waals surface area contributed by atoms with E-state index in [1.807, 2.05) is 32.6 Å². The van der Waals surface area contributed by atoms with Crippen LogP contribution in [0.15, 0.2) is 12.1 Å². The maximum atomic E-state index is 12.1. The topological polar surface area (TPSA) is 58.6 Å². The molecule has 0 aliphatic rings. The highest BCUT2D eigenvalue weighted by Gasteiger charge is 2.14. The van der Waals surface area contributed by atoms with Crippen molar-refractivity contribution in [3.8, 4) is 0 Å². The molecular formula is C17H26N2O3. The summed E-state index contributed by atoms with van der Waals surface area (Å²) in [7, 11) is 0. The van der Waals surface area contributed by atoms with Gasteiger partial charge >= 0.3 is 5.97 Å². The van der Waals surface area contributed by atoms with Crippen LogP contribution in [0, 0.1) is 13.8 Å². The summed E-state index contributed by atoms with van der Waals surface area (Å²) in [6, 6.07) is 3.50. The van der Waals surface area contributed by atoms with Crippen molar-refractivity contribution < 1.29 is 14.3 Å². The van der Waals surface area contributed by atoms with Crippen LogP contribution in [0.1, 0.15) is 42.3 Å². The van der Waals surface area contributed by atoms with Crippen molar-refractivity contribution in [1.29, 1.82) is 0 Å². The fourth-order valence-corrected chi connectivity index (χ4v) is 2.32. The Labute approximate surface area is 132 Å². The molecule has 0 bridgehead atoms. The quantitative estimate of drug-likeness (QED) is 0.787. The maximum Gasteiger partial charge on any atom is 0.338 e. The predicted molar refractivity (Wildman–Crippen MR) is 88.3 cm³/mol. The summed E-state index contributed by atoms with van der Waals surface area (Å²) in [4.78, 5) is 26.0. The van der Waals surface area contributed by atoms with E-state index < -0.39 is 0 Å². The molecule has 122 valence electrons. The van der Waals surface area contributed by atoms with Gasteiger partial charge < -0.3 is 10.1 Å². The minimum Gasteiger partial charge on any atom is -0.462 e. The molecule has 0 unspecified atom stereocenters. The molecule has 1 N–H and O–H groups in total. The van der Waals surface area contributed by atoms with Gasteiger partial charge in [0.15, 0.2) is 0 Å². The zero-order chi connectivity index (χ0) is 16.7. The van der Waals surface area contributed by atoms with Gasteiger partial charge in [0.05, 0.1) is 18.7 Å². The molecule has 0 spiro atoms. The molecule has 1 aromatic rings. The standard InChI is InChI=1S/C17H26N2O3/c1-6-19(7-2)11-15(20)18-16-12(4)9-14(10-13(16)5)17(21)22-8-3/h9-10H,6-8,11H2,1-5H3,(H,18,20). The van der Waals surface area contributed by atoms with E-state index in [1.54, 1.807) is 19.1 Å². The van der Waals surface area contributed by atoms with Crippen LogP contribution >= 0.6 is 0 Å². The maximum absolute atomic E-state index is 12.1. The van der Waals surface area contributed by atoms with E-state index >= 15 is 0 Å². The van der Waals surface area contributed by atoms with Crippen LogP contribution in [-0.4, -0.2) is 43.0 Å². The molecule has 1 amide bonds. The number of carbonyl (C=O) groups excluding carboxylic acids is 2. The third-order valence-electron chi connectivity index (χ3n) is 3.57. The molecule has 0 fully saturated rings. The number of likely N-dealkylation sites (N-methyl/N-ethyl adjacent to an activating group) is 1. The van der Waals surface area contributed by atoms with Gasteiger partial charge in [0, 0.05) is 5.69 Å². The first kappa shape index (κ1) is 18.2. The lowest BCUT2D eigenvalue weighted by molar-refractivity contribution is -0.117. The number of amides is 1. The summed E-state index contributed by atoms with van der Waals surface area (Å²) >= 11 is 0. The Morgan fingerprint density at radius 1 is 1.09 bits per heavy atom. The first-order chi connectivity index (χ1) is 10.4. The Morgan fingerprint density at radius 2 is 1.64 bits per heavy atom. The number of carbonyl (C=O) groups is 2. The van der Waals surface area contributed by atoms with Crippen LogP contribution in [0.4, 0.5) is 5.69 Å². The number of hydrogen-bond acceptors (Lipinski definition) is 4. The number of nitrogens with one attached hydrogen (secondary N) is 1. The van der Waals surface area contributed by atoms with Crippen LogP contribution in [0.25, 0.3) is 0 Å². The minimum absolute atomic E-state index is 0.0428. The normalized spacial score (nSPS) is 10.6. The smallest absolute Gasteiger partial charge is 0.338 e. The van der Waals surface area contributed by atoms with Gasteiger partial charge in [-0.1, -0.05) is 13.8 Å². The summed E-state index contributed by atoms with van der Waals surface area (Å²) in [5.74, 6) is -0.381. The Morgan fingerprint density at radius 3 is 2.09 bits per heavy atom. The first-order valence-corrected chi connectivity index (χ1v) is 7.73. The van der Waals surface area contributed by atoms with E-state index in [9.17, 15) is 9.59 Å². The van der Waals surface area contributed by atoms with Crippen molar-refractivity contribution in [1.82, 2.24) is 4.90 Å². The van der Waals surface area contributed by atoms with Crippen LogP contribution in [-0.2, 0) is 9.53 Å². The molecule has 0 radical (unpaired) electrons. The third kappa shape index (κ3) is 4.84. The van der Waals surface area contributed by atoms with Gasteiger partial charge in [-0.25, -0.2) is 4.79 Å². The summed E-state index contributed by atoms with van der Waals surface area (Å²) in [5, 5.41) is 2.94. The van der Waals surface area contributed by atoms with Crippen LogP contribution < -0.4 is 5.32 Å². The molecule has 0 saturated carbocycles.